The Bertz CT molecular complexity index is 1100. The third kappa shape index (κ3) is 3.70. The van der Waals surface area contributed by atoms with Crippen molar-refractivity contribution in [3.63, 3.8) is 0 Å². The van der Waals surface area contributed by atoms with Crippen LogP contribution in [-0.4, -0.2) is 26.0 Å². The van der Waals surface area contributed by atoms with Crippen molar-refractivity contribution in [1.82, 2.24) is 15.0 Å². The molecular weight excluding hydrogens is 362 g/mol. The van der Waals surface area contributed by atoms with Crippen LogP contribution in [0, 0.1) is 0 Å². The number of carboxylic acid groups (broad SMARTS) is 1. The van der Waals surface area contributed by atoms with Crippen LogP contribution in [0.5, 0.6) is 0 Å². The number of aromatic carboxylic acids is 1. The molecule has 2 heterocycles. The number of thiazole rings is 1. The van der Waals surface area contributed by atoms with Gasteiger partial charge in [-0.1, -0.05) is 18.2 Å². The van der Waals surface area contributed by atoms with Crippen LogP contribution in [-0.2, 0) is 6.54 Å². The molecule has 7 nitrogen and oxygen atoms in total. The van der Waals surface area contributed by atoms with Crippen molar-refractivity contribution in [3.05, 3.63) is 71.5 Å². The second-order valence-electron chi connectivity index (χ2n) is 5.75. The molecule has 0 amide bonds. The minimum atomic E-state index is -1.01. The second-order valence-corrected chi connectivity index (χ2v) is 6.64. The van der Waals surface area contributed by atoms with Crippen molar-refractivity contribution >= 4 is 44.8 Å². The quantitative estimate of drug-likeness (QED) is 0.464. The number of carboxylic acids is 1. The molecule has 0 bridgehead atoms. The lowest BCUT2D eigenvalue weighted by atomic mass is 10.1. The monoisotopic (exact) mass is 377 g/mol. The smallest absolute Gasteiger partial charge is 0.337 e. The van der Waals surface area contributed by atoms with Gasteiger partial charge in [0, 0.05) is 29.2 Å². The fourth-order valence-electron chi connectivity index (χ4n) is 2.75. The van der Waals surface area contributed by atoms with Gasteiger partial charge in [0.25, 0.3) is 0 Å². The normalized spacial score (nSPS) is 10.7. The average molecular weight is 377 g/mol. The van der Waals surface area contributed by atoms with Crippen LogP contribution in [0.3, 0.4) is 0 Å². The predicted octanol–water partition coefficient (Wildman–Crippen LogP) is 4.14. The predicted molar refractivity (Wildman–Crippen MR) is 106 cm³/mol. The highest BCUT2D eigenvalue weighted by atomic mass is 32.1. The summed E-state index contributed by atoms with van der Waals surface area (Å²) in [7, 11) is 0. The first-order valence-corrected chi connectivity index (χ1v) is 9.05. The molecule has 0 aliphatic carbocycles. The molecule has 0 saturated carbocycles. The summed E-state index contributed by atoms with van der Waals surface area (Å²) in [4.78, 5) is 24.0. The molecule has 27 heavy (non-hydrogen) atoms. The fourth-order valence-corrected chi connectivity index (χ4v) is 3.30. The Morgan fingerprint density at radius 2 is 2.00 bits per heavy atom. The molecule has 4 rings (SSSR count). The van der Waals surface area contributed by atoms with Crippen LogP contribution in [0.2, 0.25) is 0 Å². The van der Waals surface area contributed by atoms with E-state index in [1.165, 1.54) is 23.7 Å². The summed E-state index contributed by atoms with van der Waals surface area (Å²) in [6.45, 7) is 0.538. The highest BCUT2D eigenvalue weighted by Crippen LogP contribution is 2.24. The van der Waals surface area contributed by atoms with Crippen LogP contribution in [0.4, 0.5) is 16.6 Å². The highest BCUT2D eigenvalue weighted by Gasteiger charge is 2.12. The molecule has 0 unspecified atom stereocenters. The number of rotatable bonds is 6. The van der Waals surface area contributed by atoms with Crippen molar-refractivity contribution in [1.29, 1.82) is 0 Å². The van der Waals surface area contributed by atoms with Crippen LogP contribution in [0.25, 0.3) is 10.9 Å². The molecule has 0 fully saturated rings. The summed E-state index contributed by atoms with van der Waals surface area (Å²) in [6, 6.07) is 13.0. The van der Waals surface area contributed by atoms with E-state index in [0.29, 0.717) is 23.3 Å². The van der Waals surface area contributed by atoms with Gasteiger partial charge in [-0.3, -0.25) is 0 Å². The molecule has 3 N–H and O–H groups in total. The zero-order valence-electron chi connectivity index (χ0n) is 14.1. The molecular formula is C19H15N5O2S. The van der Waals surface area contributed by atoms with Crippen LogP contribution < -0.4 is 10.6 Å². The van der Waals surface area contributed by atoms with Gasteiger partial charge < -0.3 is 15.7 Å². The van der Waals surface area contributed by atoms with Gasteiger partial charge in [-0.25, -0.2) is 19.7 Å². The molecule has 0 saturated heterocycles. The maximum atomic E-state index is 11.4. The molecule has 134 valence electrons. The number of hydrogen-bond acceptors (Lipinski definition) is 7. The van der Waals surface area contributed by atoms with E-state index in [9.17, 15) is 9.90 Å². The van der Waals surface area contributed by atoms with Gasteiger partial charge in [0.15, 0.2) is 5.13 Å². The number of fused-ring (bicyclic) bond motifs is 1. The Morgan fingerprint density at radius 1 is 1.11 bits per heavy atom. The summed E-state index contributed by atoms with van der Waals surface area (Å²) in [5.74, 6) is -0.410. The topological polar surface area (TPSA) is 100 Å². The van der Waals surface area contributed by atoms with E-state index in [1.807, 2.05) is 35.7 Å². The number of anilines is 3. The number of nitrogens with one attached hydrogen (secondary N) is 2. The number of para-hydroxylation sites is 1. The highest BCUT2D eigenvalue weighted by molar-refractivity contribution is 7.13. The Morgan fingerprint density at radius 3 is 2.81 bits per heavy atom. The van der Waals surface area contributed by atoms with Gasteiger partial charge in [-0.2, -0.15) is 0 Å². The van der Waals surface area contributed by atoms with E-state index < -0.39 is 5.97 Å². The van der Waals surface area contributed by atoms with E-state index in [2.05, 4.69) is 25.6 Å². The lowest BCUT2D eigenvalue weighted by Crippen LogP contribution is -2.05. The summed E-state index contributed by atoms with van der Waals surface area (Å²) in [6.07, 6.45) is 3.13. The fraction of sp³-hybridized carbons (Fsp3) is 0.0526. The van der Waals surface area contributed by atoms with Crippen LogP contribution in [0.1, 0.15) is 15.9 Å². The zero-order valence-corrected chi connectivity index (χ0v) is 14.9. The van der Waals surface area contributed by atoms with Gasteiger partial charge in [-0.15, -0.1) is 11.3 Å². The van der Waals surface area contributed by atoms with Crippen LogP contribution in [0.15, 0.2) is 60.4 Å². The molecule has 8 heteroatoms. The van der Waals surface area contributed by atoms with E-state index in [4.69, 9.17) is 0 Å². The molecule has 0 radical (unpaired) electrons. The van der Waals surface area contributed by atoms with Gasteiger partial charge in [0.2, 0.25) is 0 Å². The Labute approximate surface area is 158 Å². The molecule has 0 aliphatic rings. The minimum absolute atomic E-state index is 0.160. The van der Waals surface area contributed by atoms with Gasteiger partial charge in [0.1, 0.15) is 12.1 Å². The first-order valence-electron chi connectivity index (χ1n) is 8.17. The first-order chi connectivity index (χ1) is 13.2. The Kier molecular flexibility index (Phi) is 4.63. The lowest BCUT2D eigenvalue weighted by Gasteiger charge is -2.10. The molecule has 0 aliphatic heterocycles. The van der Waals surface area contributed by atoms with Gasteiger partial charge in [0.05, 0.1) is 11.1 Å². The standard InChI is InChI=1S/C19H15N5O2S/c25-18(26)15-6-2-5-14-16(15)22-11-23-17(14)21-10-12-3-1-4-13(9-12)24-19-20-7-8-27-19/h1-9,11H,10H2,(H,20,24)(H,25,26)(H,21,22,23). The summed E-state index contributed by atoms with van der Waals surface area (Å²) >= 11 is 1.54. The summed E-state index contributed by atoms with van der Waals surface area (Å²) in [5, 5.41) is 19.3. The molecule has 0 atom stereocenters. The third-order valence-corrected chi connectivity index (χ3v) is 4.65. The van der Waals surface area contributed by atoms with E-state index in [1.54, 1.807) is 12.3 Å². The van der Waals surface area contributed by atoms with Crippen molar-refractivity contribution < 1.29 is 9.90 Å². The largest absolute Gasteiger partial charge is 0.478 e. The first kappa shape index (κ1) is 16.9. The number of benzene rings is 2. The number of nitrogens with zero attached hydrogens (tertiary/aromatic N) is 3. The van der Waals surface area contributed by atoms with Gasteiger partial charge in [-0.05, 0) is 29.8 Å². The maximum Gasteiger partial charge on any atom is 0.337 e. The van der Waals surface area contributed by atoms with E-state index in [-0.39, 0.29) is 5.56 Å². The van der Waals surface area contributed by atoms with Crippen molar-refractivity contribution in [2.24, 2.45) is 0 Å². The zero-order chi connectivity index (χ0) is 18.6. The van der Waals surface area contributed by atoms with Crippen LogP contribution >= 0.6 is 11.3 Å². The molecule has 2 aromatic heterocycles. The number of aromatic nitrogens is 3. The molecule has 0 spiro atoms. The number of hydrogen-bond donors (Lipinski definition) is 3. The van der Waals surface area contributed by atoms with E-state index in [0.717, 1.165) is 16.4 Å². The third-order valence-electron chi connectivity index (χ3n) is 3.97. The van der Waals surface area contributed by atoms with Crippen molar-refractivity contribution in [3.8, 4) is 0 Å². The average Bonchev–Trinajstić information content (AvgIpc) is 3.19. The number of carbonyl (C=O) groups is 1. The summed E-state index contributed by atoms with van der Waals surface area (Å²) < 4.78 is 0. The molecule has 2 aromatic carbocycles. The van der Waals surface area contributed by atoms with Crippen molar-refractivity contribution in [2.75, 3.05) is 10.6 Å². The minimum Gasteiger partial charge on any atom is -0.478 e. The second kappa shape index (κ2) is 7.38. The SMILES string of the molecule is O=C(O)c1cccc2c(NCc3cccc(Nc4nccs4)c3)ncnc12. The Hall–Kier alpha value is -3.52. The van der Waals surface area contributed by atoms with Crippen molar-refractivity contribution in [2.45, 2.75) is 6.54 Å². The maximum absolute atomic E-state index is 11.4. The summed E-state index contributed by atoms with van der Waals surface area (Å²) in [5.41, 5.74) is 2.58. The Balaban J connectivity index is 1.55. The van der Waals surface area contributed by atoms with Gasteiger partial charge >= 0.3 is 5.97 Å². The van der Waals surface area contributed by atoms with E-state index >= 15 is 0 Å². The molecule has 4 aromatic rings. The lowest BCUT2D eigenvalue weighted by molar-refractivity contribution is 0.0699.